The van der Waals surface area contributed by atoms with Gasteiger partial charge in [0.25, 0.3) is 0 Å². The summed E-state index contributed by atoms with van der Waals surface area (Å²) >= 11 is 0. The standard InChI is InChI=1S/C29H31N3O2/c1-21(29(34)32-18-16-24-7-3-5-10-27(24)32)30-19-25-8-2-4-9-26(25)23-14-12-22(13-15-23)20-31-17-6-11-28(31)33/h2-5,7-10,12-15,21,30H,6,11,16-20H2,1H3/t21-/m1/s1. The number of nitrogens with zero attached hydrogens (tertiary/aromatic N) is 2. The summed E-state index contributed by atoms with van der Waals surface area (Å²) in [6, 6.07) is 24.7. The van der Waals surface area contributed by atoms with E-state index in [1.54, 1.807) is 0 Å². The first-order valence-corrected chi connectivity index (χ1v) is 12.2. The van der Waals surface area contributed by atoms with Gasteiger partial charge in [0.15, 0.2) is 0 Å². The zero-order valence-electron chi connectivity index (χ0n) is 19.7. The Labute approximate surface area is 201 Å². The number of carbonyl (C=O) groups excluding carboxylic acids is 2. The zero-order valence-corrected chi connectivity index (χ0v) is 19.7. The van der Waals surface area contributed by atoms with Crippen LogP contribution in [-0.4, -0.2) is 35.8 Å². The third-order valence-corrected chi connectivity index (χ3v) is 6.95. The number of hydrogen-bond acceptors (Lipinski definition) is 3. The SMILES string of the molecule is C[C@@H](NCc1ccccc1-c1ccc(CN2CCCC2=O)cc1)C(=O)N1CCc2ccccc21. The Bertz CT molecular complexity index is 1190. The summed E-state index contributed by atoms with van der Waals surface area (Å²) in [4.78, 5) is 28.9. The Morgan fingerprint density at radius 1 is 0.941 bits per heavy atom. The lowest BCUT2D eigenvalue weighted by Crippen LogP contribution is -2.44. The van der Waals surface area contributed by atoms with Crippen molar-refractivity contribution in [3.63, 3.8) is 0 Å². The molecule has 34 heavy (non-hydrogen) atoms. The molecule has 3 aromatic carbocycles. The molecular weight excluding hydrogens is 422 g/mol. The molecule has 1 N–H and O–H groups in total. The van der Waals surface area contributed by atoms with Crippen LogP contribution in [0.4, 0.5) is 5.69 Å². The molecule has 2 aliphatic heterocycles. The van der Waals surface area contributed by atoms with Crippen LogP contribution in [0.2, 0.25) is 0 Å². The Kier molecular flexibility index (Phi) is 6.45. The summed E-state index contributed by atoms with van der Waals surface area (Å²) in [7, 11) is 0. The van der Waals surface area contributed by atoms with Crippen LogP contribution < -0.4 is 10.2 Å². The molecule has 0 radical (unpaired) electrons. The highest BCUT2D eigenvalue weighted by molar-refractivity contribution is 5.98. The molecule has 0 saturated carbocycles. The van der Waals surface area contributed by atoms with E-state index in [9.17, 15) is 9.59 Å². The highest BCUT2D eigenvalue weighted by atomic mass is 16.2. The minimum absolute atomic E-state index is 0.114. The molecule has 2 heterocycles. The average molecular weight is 454 g/mol. The van der Waals surface area contributed by atoms with E-state index in [4.69, 9.17) is 0 Å². The molecule has 0 unspecified atom stereocenters. The van der Waals surface area contributed by atoms with Gasteiger partial charge in [0.2, 0.25) is 11.8 Å². The van der Waals surface area contributed by atoms with Gasteiger partial charge < -0.3 is 15.1 Å². The predicted octanol–water partition coefficient (Wildman–Crippen LogP) is 4.54. The minimum atomic E-state index is -0.278. The van der Waals surface area contributed by atoms with Crippen LogP contribution >= 0.6 is 0 Å². The second kappa shape index (κ2) is 9.82. The molecule has 5 heteroatoms. The van der Waals surface area contributed by atoms with Crippen molar-refractivity contribution in [2.24, 2.45) is 0 Å². The van der Waals surface area contributed by atoms with Gasteiger partial charge in [-0.3, -0.25) is 9.59 Å². The number of benzene rings is 3. The van der Waals surface area contributed by atoms with Crippen LogP contribution in [0.25, 0.3) is 11.1 Å². The maximum absolute atomic E-state index is 13.1. The van der Waals surface area contributed by atoms with E-state index >= 15 is 0 Å². The fourth-order valence-electron chi connectivity index (χ4n) is 4.99. The quantitative estimate of drug-likeness (QED) is 0.571. The summed E-state index contributed by atoms with van der Waals surface area (Å²) in [6.07, 6.45) is 2.55. The van der Waals surface area contributed by atoms with Crippen molar-refractivity contribution in [1.82, 2.24) is 10.2 Å². The molecule has 5 rings (SSSR count). The van der Waals surface area contributed by atoms with Crippen molar-refractivity contribution in [2.45, 2.75) is 45.3 Å². The molecule has 174 valence electrons. The third-order valence-electron chi connectivity index (χ3n) is 6.95. The van der Waals surface area contributed by atoms with Crippen LogP contribution in [0.3, 0.4) is 0 Å². The number of anilines is 1. The topological polar surface area (TPSA) is 52.7 Å². The Morgan fingerprint density at radius 3 is 2.50 bits per heavy atom. The summed E-state index contributed by atoms with van der Waals surface area (Å²) in [5.41, 5.74) is 6.89. The molecule has 0 aliphatic carbocycles. The first-order chi connectivity index (χ1) is 16.6. The monoisotopic (exact) mass is 453 g/mol. The molecule has 0 spiro atoms. The lowest BCUT2D eigenvalue weighted by molar-refractivity contribution is -0.128. The number of nitrogens with one attached hydrogen (secondary N) is 1. The van der Waals surface area contributed by atoms with E-state index < -0.39 is 0 Å². The molecule has 0 aromatic heterocycles. The number of rotatable bonds is 7. The number of likely N-dealkylation sites (tertiary alicyclic amines) is 1. The van der Waals surface area contributed by atoms with Crippen LogP contribution in [0.5, 0.6) is 0 Å². The maximum Gasteiger partial charge on any atom is 0.243 e. The van der Waals surface area contributed by atoms with Gasteiger partial charge >= 0.3 is 0 Å². The van der Waals surface area contributed by atoms with Gasteiger partial charge in [0.05, 0.1) is 6.04 Å². The minimum Gasteiger partial charge on any atom is -0.338 e. The van der Waals surface area contributed by atoms with Gasteiger partial charge in [-0.2, -0.15) is 0 Å². The van der Waals surface area contributed by atoms with Crippen LogP contribution in [-0.2, 0) is 29.1 Å². The van der Waals surface area contributed by atoms with Gasteiger partial charge in [-0.25, -0.2) is 0 Å². The van der Waals surface area contributed by atoms with Crippen molar-refractivity contribution in [1.29, 1.82) is 0 Å². The number of amides is 2. The number of para-hydroxylation sites is 1. The van der Waals surface area contributed by atoms with Gasteiger partial charge in [-0.05, 0) is 53.6 Å². The average Bonchev–Trinajstić information content (AvgIpc) is 3.49. The van der Waals surface area contributed by atoms with E-state index in [1.165, 1.54) is 5.56 Å². The number of fused-ring (bicyclic) bond motifs is 1. The number of hydrogen-bond donors (Lipinski definition) is 1. The molecule has 1 fully saturated rings. The summed E-state index contributed by atoms with van der Waals surface area (Å²) in [6.45, 7) is 4.84. The molecule has 5 nitrogen and oxygen atoms in total. The highest BCUT2D eigenvalue weighted by Gasteiger charge is 2.27. The van der Waals surface area contributed by atoms with E-state index in [2.05, 4.69) is 47.8 Å². The van der Waals surface area contributed by atoms with Gasteiger partial charge in [-0.15, -0.1) is 0 Å². The Morgan fingerprint density at radius 2 is 1.71 bits per heavy atom. The normalized spacial score (nSPS) is 16.1. The first-order valence-electron chi connectivity index (χ1n) is 12.2. The van der Waals surface area contributed by atoms with E-state index in [1.807, 2.05) is 47.1 Å². The van der Waals surface area contributed by atoms with Crippen molar-refractivity contribution in [2.75, 3.05) is 18.0 Å². The van der Waals surface area contributed by atoms with E-state index in [0.29, 0.717) is 19.5 Å². The van der Waals surface area contributed by atoms with Gasteiger partial charge in [-0.1, -0.05) is 66.7 Å². The van der Waals surface area contributed by atoms with Gasteiger partial charge in [0.1, 0.15) is 0 Å². The largest absolute Gasteiger partial charge is 0.338 e. The predicted molar refractivity (Wildman–Crippen MR) is 135 cm³/mol. The van der Waals surface area contributed by atoms with Crippen molar-refractivity contribution in [3.05, 3.63) is 89.5 Å². The summed E-state index contributed by atoms with van der Waals surface area (Å²) < 4.78 is 0. The molecule has 1 saturated heterocycles. The zero-order chi connectivity index (χ0) is 23.5. The van der Waals surface area contributed by atoms with E-state index in [0.717, 1.165) is 53.9 Å². The van der Waals surface area contributed by atoms with Gasteiger partial charge in [0, 0.05) is 38.3 Å². The fourth-order valence-corrected chi connectivity index (χ4v) is 4.99. The van der Waals surface area contributed by atoms with Crippen molar-refractivity contribution >= 4 is 17.5 Å². The summed E-state index contributed by atoms with van der Waals surface area (Å²) in [5.74, 6) is 0.366. The Hall–Kier alpha value is -3.44. The molecule has 2 aliphatic rings. The van der Waals surface area contributed by atoms with Crippen LogP contribution in [0, 0.1) is 0 Å². The second-order valence-corrected chi connectivity index (χ2v) is 9.24. The number of carbonyl (C=O) groups is 2. The van der Waals surface area contributed by atoms with Crippen LogP contribution in [0.15, 0.2) is 72.8 Å². The van der Waals surface area contributed by atoms with Crippen molar-refractivity contribution in [3.8, 4) is 11.1 Å². The van der Waals surface area contributed by atoms with Crippen LogP contribution in [0.1, 0.15) is 36.5 Å². The second-order valence-electron chi connectivity index (χ2n) is 9.24. The molecular formula is C29H31N3O2. The lowest BCUT2D eigenvalue weighted by Gasteiger charge is -2.23. The Balaban J connectivity index is 1.24. The fraction of sp³-hybridized carbons (Fsp3) is 0.310. The molecule has 3 aromatic rings. The smallest absolute Gasteiger partial charge is 0.243 e. The van der Waals surface area contributed by atoms with E-state index in [-0.39, 0.29) is 17.9 Å². The lowest BCUT2D eigenvalue weighted by atomic mass is 9.98. The first kappa shape index (κ1) is 22.4. The molecule has 1 atom stereocenters. The highest BCUT2D eigenvalue weighted by Crippen LogP contribution is 2.28. The maximum atomic E-state index is 13.1. The molecule has 2 amide bonds. The van der Waals surface area contributed by atoms with Crippen molar-refractivity contribution < 1.29 is 9.59 Å². The molecule has 0 bridgehead atoms. The third kappa shape index (κ3) is 4.62. The summed E-state index contributed by atoms with van der Waals surface area (Å²) in [5, 5.41) is 3.45.